The van der Waals surface area contributed by atoms with Crippen molar-refractivity contribution in [2.45, 2.75) is 63.1 Å². The number of carbonyl (C=O) groups is 1. The van der Waals surface area contributed by atoms with E-state index in [-0.39, 0.29) is 5.92 Å². The van der Waals surface area contributed by atoms with E-state index >= 15 is 0 Å². The van der Waals surface area contributed by atoms with E-state index in [0.29, 0.717) is 50.5 Å². The molecule has 10 heteroatoms. The molecule has 1 saturated heterocycles. The number of amides is 1. The van der Waals surface area contributed by atoms with Crippen LogP contribution in [-0.2, 0) is 9.53 Å². The number of carbonyl (C=O) groups excluding carboxylic acids is 1. The Morgan fingerprint density at radius 2 is 1.78 bits per heavy atom. The van der Waals surface area contributed by atoms with Crippen molar-refractivity contribution in [1.29, 1.82) is 0 Å². The lowest BCUT2D eigenvalue weighted by atomic mass is 9.92. The van der Waals surface area contributed by atoms with E-state index < -0.39 is 43.1 Å². The zero-order chi connectivity index (χ0) is 20.3. The van der Waals surface area contributed by atoms with Crippen LogP contribution in [0.5, 0.6) is 0 Å². The number of ether oxygens (including phenoxy) is 1. The molecule has 1 aliphatic carbocycles. The van der Waals surface area contributed by atoms with Crippen LogP contribution in [0, 0.1) is 5.92 Å². The summed E-state index contributed by atoms with van der Waals surface area (Å²) >= 11 is 0. The molecule has 1 amide bonds. The van der Waals surface area contributed by atoms with Crippen molar-refractivity contribution in [3.05, 3.63) is 12.2 Å². The lowest BCUT2D eigenvalue weighted by Gasteiger charge is -2.47. The van der Waals surface area contributed by atoms with Gasteiger partial charge in [0.25, 0.3) is 5.66 Å². The molecular formula is C17H24F6N2O2. The van der Waals surface area contributed by atoms with Crippen LogP contribution in [0.15, 0.2) is 12.2 Å². The second kappa shape index (κ2) is 8.38. The summed E-state index contributed by atoms with van der Waals surface area (Å²) in [4.78, 5) is 11.7. The fourth-order valence-electron chi connectivity index (χ4n) is 3.71. The predicted molar refractivity (Wildman–Crippen MR) is 85.7 cm³/mol. The van der Waals surface area contributed by atoms with Crippen molar-refractivity contribution in [3.8, 4) is 0 Å². The number of halogens is 6. The lowest BCUT2D eigenvalue weighted by molar-refractivity contribution is -0.352. The summed E-state index contributed by atoms with van der Waals surface area (Å²) in [5.41, 5.74) is -4.45. The molecule has 2 aliphatic rings. The number of alkyl halides is 6. The molecule has 27 heavy (non-hydrogen) atoms. The summed E-state index contributed by atoms with van der Waals surface area (Å²) in [6.45, 7) is -0.0430. The summed E-state index contributed by atoms with van der Waals surface area (Å²) < 4.78 is 88.6. The molecule has 2 atom stereocenters. The third-order valence-electron chi connectivity index (χ3n) is 4.96. The van der Waals surface area contributed by atoms with E-state index in [4.69, 9.17) is 4.74 Å². The number of allylic oxidation sites excluding steroid dienone is 2. The molecule has 0 aromatic rings. The minimum Gasteiger partial charge on any atom is -0.377 e. The van der Waals surface area contributed by atoms with Crippen LogP contribution in [0.3, 0.4) is 0 Å². The minimum absolute atomic E-state index is 0.301. The summed E-state index contributed by atoms with van der Waals surface area (Å²) in [7, 11) is 0. The van der Waals surface area contributed by atoms with Gasteiger partial charge in [-0.3, -0.25) is 9.69 Å². The molecule has 0 aromatic carbocycles. The molecule has 1 N–H and O–H groups in total. The zero-order valence-electron chi connectivity index (χ0n) is 15.0. The molecular weight excluding hydrogens is 378 g/mol. The van der Waals surface area contributed by atoms with Gasteiger partial charge >= 0.3 is 12.4 Å². The quantitative estimate of drug-likeness (QED) is 0.418. The molecule has 0 bridgehead atoms. The highest BCUT2D eigenvalue weighted by Gasteiger charge is 2.75. The molecule has 156 valence electrons. The first kappa shape index (κ1) is 22.0. The fourth-order valence-corrected chi connectivity index (χ4v) is 3.71. The van der Waals surface area contributed by atoms with Gasteiger partial charge < -0.3 is 10.1 Å². The number of nitrogens with one attached hydrogen (secondary N) is 1. The first-order chi connectivity index (χ1) is 12.5. The van der Waals surface area contributed by atoms with Crippen molar-refractivity contribution in [2.75, 3.05) is 19.7 Å². The van der Waals surface area contributed by atoms with Gasteiger partial charge in [0.2, 0.25) is 5.91 Å². The van der Waals surface area contributed by atoms with Gasteiger partial charge in [-0.25, -0.2) is 0 Å². The Kier molecular flexibility index (Phi) is 6.83. The van der Waals surface area contributed by atoms with Crippen LogP contribution in [-0.4, -0.2) is 54.6 Å². The van der Waals surface area contributed by atoms with E-state index in [0.717, 1.165) is 0 Å². The van der Waals surface area contributed by atoms with E-state index in [2.05, 4.69) is 0 Å². The van der Waals surface area contributed by atoms with Crippen molar-refractivity contribution in [2.24, 2.45) is 5.92 Å². The standard InChI is InChI=1S/C17H24F6N2O2/c1-12(26)24-15(16(18,19)20,17(21,22)23)25(11-14-8-5-9-27-14)10-13-6-3-2-4-7-13/h2-3,13-14H,4-11H2,1H3,(H,24,26)/t13-,14+/m1/s1. The van der Waals surface area contributed by atoms with Crippen LogP contribution in [0.25, 0.3) is 0 Å². The monoisotopic (exact) mass is 402 g/mol. The van der Waals surface area contributed by atoms with Gasteiger partial charge in [-0.2, -0.15) is 26.3 Å². The van der Waals surface area contributed by atoms with E-state index in [1.807, 2.05) is 6.08 Å². The largest absolute Gasteiger partial charge is 0.434 e. The Hall–Kier alpha value is -1.29. The van der Waals surface area contributed by atoms with Gasteiger partial charge in [0.1, 0.15) is 0 Å². The number of nitrogens with zero attached hydrogens (tertiary/aromatic N) is 1. The Labute approximate surface area is 153 Å². The summed E-state index contributed by atoms with van der Waals surface area (Å²) in [5, 5.41) is 1.20. The first-order valence-corrected chi connectivity index (χ1v) is 8.91. The number of rotatable bonds is 6. The Bertz CT molecular complexity index is 527. The second-order valence-electron chi connectivity index (χ2n) is 7.08. The summed E-state index contributed by atoms with van der Waals surface area (Å²) in [6.07, 6.45) is -6.16. The molecule has 0 saturated carbocycles. The van der Waals surface area contributed by atoms with Crippen molar-refractivity contribution in [1.82, 2.24) is 10.2 Å². The molecule has 1 heterocycles. The summed E-state index contributed by atoms with van der Waals surface area (Å²) in [5.74, 6) is -1.76. The summed E-state index contributed by atoms with van der Waals surface area (Å²) in [6, 6.07) is 0. The van der Waals surface area contributed by atoms with Gasteiger partial charge in [0.05, 0.1) is 6.10 Å². The Morgan fingerprint density at radius 1 is 1.11 bits per heavy atom. The van der Waals surface area contributed by atoms with Gasteiger partial charge in [-0.15, -0.1) is 0 Å². The molecule has 0 aromatic heterocycles. The topological polar surface area (TPSA) is 41.6 Å². The third kappa shape index (κ3) is 4.96. The number of hydrogen-bond donors (Lipinski definition) is 1. The van der Waals surface area contributed by atoms with Gasteiger partial charge in [0, 0.05) is 26.6 Å². The van der Waals surface area contributed by atoms with Gasteiger partial charge in [0.15, 0.2) is 0 Å². The molecule has 0 spiro atoms. The van der Waals surface area contributed by atoms with Crippen LogP contribution in [0.1, 0.15) is 39.0 Å². The molecule has 4 nitrogen and oxygen atoms in total. The van der Waals surface area contributed by atoms with Gasteiger partial charge in [-0.05, 0) is 38.0 Å². The first-order valence-electron chi connectivity index (χ1n) is 8.91. The average molecular weight is 402 g/mol. The van der Waals surface area contributed by atoms with E-state index in [1.165, 1.54) is 5.32 Å². The molecule has 0 radical (unpaired) electrons. The minimum atomic E-state index is -5.75. The molecule has 0 unspecified atom stereocenters. The Balaban J connectivity index is 2.45. The van der Waals surface area contributed by atoms with E-state index in [9.17, 15) is 31.1 Å². The van der Waals surface area contributed by atoms with Crippen molar-refractivity contribution in [3.63, 3.8) is 0 Å². The van der Waals surface area contributed by atoms with Crippen molar-refractivity contribution >= 4 is 5.91 Å². The van der Waals surface area contributed by atoms with Crippen LogP contribution >= 0.6 is 0 Å². The smallest absolute Gasteiger partial charge is 0.377 e. The third-order valence-corrected chi connectivity index (χ3v) is 4.96. The highest BCUT2D eigenvalue weighted by molar-refractivity contribution is 5.74. The maximum absolute atomic E-state index is 13.9. The maximum atomic E-state index is 13.9. The van der Waals surface area contributed by atoms with E-state index in [1.54, 1.807) is 6.08 Å². The normalized spacial score (nSPS) is 24.4. The maximum Gasteiger partial charge on any atom is 0.434 e. The highest BCUT2D eigenvalue weighted by Crippen LogP contribution is 2.46. The van der Waals surface area contributed by atoms with Gasteiger partial charge in [-0.1, -0.05) is 12.2 Å². The predicted octanol–water partition coefficient (Wildman–Crippen LogP) is 3.78. The average Bonchev–Trinajstić information content (AvgIpc) is 3.03. The van der Waals surface area contributed by atoms with Crippen LogP contribution in [0.4, 0.5) is 26.3 Å². The van der Waals surface area contributed by atoms with Crippen LogP contribution in [0.2, 0.25) is 0 Å². The highest BCUT2D eigenvalue weighted by atomic mass is 19.4. The lowest BCUT2D eigenvalue weighted by Crippen LogP contribution is -2.77. The van der Waals surface area contributed by atoms with Crippen molar-refractivity contribution < 1.29 is 35.9 Å². The zero-order valence-corrected chi connectivity index (χ0v) is 15.0. The second-order valence-corrected chi connectivity index (χ2v) is 7.08. The SMILES string of the molecule is CC(=O)NC(N(C[C@@H]1CC=CCC1)C[C@@H]1CCCO1)(C(F)(F)F)C(F)(F)F. The number of hydrogen-bond acceptors (Lipinski definition) is 3. The molecule has 1 aliphatic heterocycles. The molecule has 2 rings (SSSR count). The molecule has 1 fully saturated rings. The van der Waals surface area contributed by atoms with Crippen LogP contribution < -0.4 is 5.32 Å². The Morgan fingerprint density at radius 3 is 2.22 bits per heavy atom. The fraction of sp³-hybridized carbons (Fsp3) is 0.824.